The largest absolute Gasteiger partial charge is 0.446 e. The first-order valence-corrected chi connectivity index (χ1v) is 9.50. The van der Waals surface area contributed by atoms with Crippen LogP contribution >= 0.6 is 0 Å². The predicted octanol–water partition coefficient (Wildman–Crippen LogP) is 4.44. The molecule has 0 spiro atoms. The number of hydrogen-bond donors (Lipinski definition) is 1. The Bertz CT molecular complexity index is 956. The normalized spacial score (nSPS) is 13.2. The molecule has 1 amide bonds. The van der Waals surface area contributed by atoms with Gasteiger partial charge in [-0.25, -0.2) is 9.78 Å². The molecule has 1 atom stereocenters. The zero-order chi connectivity index (χ0) is 19.6. The van der Waals surface area contributed by atoms with E-state index in [0.717, 1.165) is 53.6 Å². The summed E-state index contributed by atoms with van der Waals surface area (Å²) in [5.41, 5.74) is 8.12. The summed E-state index contributed by atoms with van der Waals surface area (Å²) in [6.07, 6.45) is 3.38. The number of primary amides is 1. The lowest BCUT2D eigenvalue weighted by molar-refractivity contribution is 0.0295. The number of carbonyl (C=O) groups excluding carboxylic acids is 1. The van der Waals surface area contributed by atoms with Gasteiger partial charge in [0.25, 0.3) is 0 Å². The summed E-state index contributed by atoms with van der Waals surface area (Å²) in [6, 6.07) is 8.14. The maximum Gasteiger partial charge on any atom is 0.404 e. The van der Waals surface area contributed by atoms with Crippen molar-refractivity contribution in [2.75, 3.05) is 0 Å². The fourth-order valence-corrected chi connectivity index (χ4v) is 3.56. The van der Waals surface area contributed by atoms with E-state index in [9.17, 15) is 4.79 Å². The lowest BCUT2D eigenvalue weighted by Crippen LogP contribution is -2.34. The number of aryl methyl sites for hydroxylation is 2. The van der Waals surface area contributed by atoms with Crippen molar-refractivity contribution in [1.29, 1.82) is 0 Å². The van der Waals surface area contributed by atoms with Gasteiger partial charge in [0.05, 0.1) is 17.2 Å². The number of para-hydroxylation sites is 1. The molecular weight excluding hydrogens is 340 g/mol. The number of pyridine rings is 1. The van der Waals surface area contributed by atoms with Crippen molar-refractivity contribution in [1.82, 2.24) is 14.5 Å². The minimum Gasteiger partial charge on any atom is -0.446 e. The Hall–Kier alpha value is -2.63. The van der Waals surface area contributed by atoms with E-state index >= 15 is 0 Å². The van der Waals surface area contributed by atoms with Crippen LogP contribution in [-0.4, -0.2) is 26.7 Å². The zero-order valence-corrected chi connectivity index (χ0v) is 16.5. The van der Waals surface area contributed by atoms with Gasteiger partial charge in [-0.05, 0) is 24.3 Å². The first kappa shape index (κ1) is 19.1. The number of ether oxygens (including phenoxy) is 1. The summed E-state index contributed by atoms with van der Waals surface area (Å²) in [6.45, 7) is 9.10. The smallest absolute Gasteiger partial charge is 0.404 e. The van der Waals surface area contributed by atoms with Crippen LogP contribution in [0.1, 0.15) is 46.4 Å². The van der Waals surface area contributed by atoms with Gasteiger partial charge in [-0.15, -0.1) is 0 Å². The summed E-state index contributed by atoms with van der Waals surface area (Å²) < 4.78 is 7.63. The molecule has 6 heteroatoms. The van der Waals surface area contributed by atoms with Crippen molar-refractivity contribution < 1.29 is 9.53 Å². The summed E-state index contributed by atoms with van der Waals surface area (Å²) in [5.74, 6) is 1.05. The fourth-order valence-electron chi connectivity index (χ4n) is 3.56. The third kappa shape index (κ3) is 4.04. The van der Waals surface area contributed by atoms with Crippen LogP contribution in [0.25, 0.3) is 21.9 Å². The lowest BCUT2D eigenvalue weighted by atomic mass is 9.86. The highest BCUT2D eigenvalue weighted by atomic mass is 16.6. The molecule has 0 aliphatic heterocycles. The Kier molecular flexibility index (Phi) is 5.35. The average Bonchev–Trinajstić information content (AvgIpc) is 2.98. The minimum absolute atomic E-state index is 0.157. The SMILES string of the molecule is CCc1nc2cnc3ccccc3c2n1CCCC(OC(N)=O)C(C)(C)C. The van der Waals surface area contributed by atoms with Crippen LogP contribution in [0, 0.1) is 5.41 Å². The molecule has 1 unspecified atom stereocenters. The van der Waals surface area contributed by atoms with Crippen molar-refractivity contribution >= 4 is 28.0 Å². The van der Waals surface area contributed by atoms with Crippen molar-refractivity contribution in [3.8, 4) is 0 Å². The summed E-state index contributed by atoms with van der Waals surface area (Å²) in [5, 5.41) is 1.11. The van der Waals surface area contributed by atoms with Gasteiger partial charge in [0.1, 0.15) is 17.4 Å². The predicted molar refractivity (Wildman–Crippen MR) is 108 cm³/mol. The second kappa shape index (κ2) is 7.55. The van der Waals surface area contributed by atoms with Gasteiger partial charge in [-0.1, -0.05) is 45.9 Å². The van der Waals surface area contributed by atoms with Gasteiger partial charge in [-0.3, -0.25) is 4.98 Å². The molecule has 1 aromatic carbocycles. The van der Waals surface area contributed by atoms with Crippen LogP contribution in [-0.2, 0) is 17.7 Å². The Labute approximate surface area is 159 Å². The standard InChI is InChI=1S/C21H28N4O2/c1-5-18-24-16-13-23-15-10-7-6-9-14(15)19(16)25(18)12-8-11-17(21(2,3)4)27-20(22)26/h6-7,9-10,13,17H,5,8,11-12H2,1-4H3,(H2,22,26). The van der Waals surface area contributed by atoms with Crippen LogP contribution in [0.4, 0.5) is 4.79 Å². The Morgan fingerprint density at radius 3 is 2.67 bits per heavy atom. The topological polar surface area (TPSA) is 83.0 Å². The molecule has 0 bridgehead atoms. The molecule has 0 aliphatic rings. The summed E-state index contributed by atoms with van der Waals surface area (Å²) in [4.78, 5) is 20.5. The number of imidazole rings is 1. The monoisotopic (exact) mass is 368 g/mol. The van der Waals surface area contributed by atoms with E-state index in [2.05, 4.69) is 43.3 Å². The molecule has 0 aliphatic carbocycles. The molecule has 2 aromatic heterocycles. The molecule has 2 heterocycles. The number of aromatic nitrogens is 3. The number of carbonyl (C=O) groups is 1. The van der Waals surface area contributed by atoms with Gasteiger partial charge >= 0.3 is 6.09 Å². The van der Waals surface area contributed by atoms with Crippen LogP contribution < -0.4 is 5.73 Å². The Balaban J connectivity index is 1.90. The highest BCUT2D eigenvalue weighted by Gasteiger charge is 2.27. The second-order valence-corrected chi connectivity index (χ2v) is 7.98. The van der Waals surface area contributed by atoms with Crippen LogP contribution in [0.15, 0.2) is 30.5 Å². The molecule has 0 fully saturated rings. The molecule has 3 rings (SSSR count). The quantitative estimate of drug-likeness (QED) is 0.697. The summed E-state index contributed by atoms with van der Waals surface area (Å²) in [7, 11) is 0. The van der Waals surface area contributed by atoms with E-state index in [0.29, 0.717) is 0 Å². The van der Waals surface area contributed by atoms with Crippen LogP contribution in [0.5, 0.6) is 0 Å². The molecule has 6 nitrogen and oxygen atoms in total. The van der Waals surface area contributed by atoms with Crippen molar-refractivity contribution in [2.24, 2.45) is 11.1 Å². The van der Waals surface area contributed by atoms with Gasteiger partial charge < -0.3 is 15.0 Å². The second-order valence-electron chi connectivity index (χ2n) is 7.98. The van der Waals surface area contributed by atoms with E-state index in [4.69, 9.17) is 15.5 Å². The molecule has 0 saturated carbocycles. The zero-order valence-electron chi connectivity index (χ0n) is 16.5. The van der Waals surface area contributed by atoms with E-state index in [-0.39, 0.29) is 11.5 Å². The number of rotatable bonds is 6. The van der Waals surface area contributed by atoms with Gasteiger partial charge in [0, 0.05) is 18.4 Å². The first-order valence-electron chi connectivity index (χ1n) is 9.50. The fraction of sp³-hybridized carbons (Fsp3) is 0.476. The molecule has 144 valence electrons. The number of fused-ring (bicyclic) bond motifs is 3. The van der Waals surface area contributed by atoms with E-state index in [1.165, 1.54) is 0 Å². The maximum absolute atomic E-state index is 11.2. The average molecular weight is 368 g/mol. The minimum atomic E-state index is -0.714. The summed E-state index contributed by atoms with van der Waals surface area (Å²) >= 11 is 0. The van der Waals surface area contributed by atoms with Crippen molar-refractivity contribution in [2.45, 2.75) is 59.6 Å². The molecule has 3 aromatic rings. The lowest BCUT2D eigenvalue weighted by Gasteiger charge is -2.29. The van der Waals surface area contributed by atoms with E-state index in [1.807, 2.05) is 24.4 Å². The molecule has 2 N–H and O–H groups in total. The number of hydrogen-bond acceptors (Lipinski definition) is 4. The van der Waals surface area contributed by atoms with Crippen LogP contribution in [0.3, 0.4) is 0 Å². The van der Waals surface area contributed by atoms with Gasteiger partial charge in [0.2, 0.25) is 0 Å². The third-order valence-corrected chi connectivity index (χ3v) is 4.95. The highest BCUT2D eigenvalue weighted by Crippen LogP contribution is 2.28. The van der Waals surface area contributed by atoms with Gasteiger partial charge in [0.15, 0.2) is 0 Å². The van der Waals surface area contributed by atoms with E-state index in [1.54, 1.807) is 0 Å². The molecular formula is C21H28N4O2. The van der Waals surface area contributed by atoms with Gasteiger partial charge in [-0.2, -0.15) is 0 Å². The van der Waals surface area contributed by atoms with Crippen molar-refractivity contribution in [3.63, 3.8) is 0 Å². The molecule has 0 saturated heterocycles. The number of benzene rings is 1. The van der Waals surface area contributed by atoms with E-state index < -0.39 is 6.09 Å². The number of amides is 1. The Morgan fingerprint density at radius 2 is 2.00 bits per heavy atom. The van der Waals surface area contributed by atoms with Crippen LogP contribution in [0.2, 0.25) is 0 Å². The van der Waals surface area contributed by atoms with Crippen molar-refractivity contribution in [3.05, 3.63) is 36.3 Å². The first-order chi connectivity index (χ1) is 12.8. The molecule has 0 radical (unpaired) electrons. The maximum atomic E-state index is 11.2. The number of nitrogens with zero attached hydrogens (tertiary/aromatic N) is 3. The number of nitrogens with two attached hydrogens (primary N) is 1. The highest BCUT2D eigenvalue weighted by molar-refractivity contribution is 6.02. The third-order valence-electron chi connectivity index (χ3n) is 4.95. The Morgan fingerprint density at radius 1 is 1.26 bits per heavy atom. The molecule has 27 heavy (non-hydrogen) atoms.